The molecule has 3 heteroatoms. The van der Waals surface area contributed by atoms with Crippen LogP contribution in [-0.4, -0.2) is 7.11 Å². The number of ether oxygens (including phenoxy) is 1. The molecule has 0 amide bonds. The molecule has 1 unspecified atom stereocenters. The van der Waals surface area contributed by atoms with Crippen LogP contribution in [0.2, 0.25) is 0 Å². The van der Waals surface area contributed by atoms with Gasteiger partial charge < -0.3 is 10.1 Å². The van der Waals surface area contributed by atoms with E-state index in [4.69, 9.17) is 4.74 Å². The summed E-state index contributed by atoms with van der Waals surface area (Å²) in [5, 5.41) is 3.50. The molecule has 0 saturated heterocycles. The van der Waals surface area contributed by atoms with Crippen LogP contribution in [0.15, 0.2) is 46.9 Å². The smallest absolute Gasteiger partial charge is 0.133 e. The van der Waals surface area contributed by atoms with Crippen molar-refractivity contribution < 1.29 is 4.74 Å². The zero-order valence-electron chi connectivity index (χ0n) is 11.4. The molecular weight excluding hydrogens is 302 g/mol. The molecule has 2 aromatic carbocycles. The molecule has 1 N–H and O–H groups in total. The maximum Gasteiger partial charge on any atom is 0.133 e. The molecule has 1 atom stereocenters. The molecular formula is C16H18BrNO. The molecule has 0 aliphatic carbocycles. The topological polar surface area (TPSA) is 21.3 Å². The number of methoxy groups -OCH3 is 1. The molecule has 2 rings (SSSR count). The number of rotatable bonds is 4. The number of benzene rings is 2. The molecule has 100 valence electrons. The monoisotopic (exact) mass is 319 g/mol. The zero-order chi connectivity index (χ0) is 13.8. The van der Waals surface area contributed by atoms with Crippen LogP contribution in [0.5, 0.6) is 5.75 Å². The van der Waals surface area contributed by atoms with Crippen LogP contribution in [0.4, 0.5) is 5.69 Å². The van der Waals surface area contributed by atoms with Crippen molar-refractivity contribution in [2.24, 2.45) is 0 Å². The molecule has 0 aromatic heterocycles. The highest BCUT2D eigenvalue weighted by atomic mass is 79.9. The zero-order valence-corrected chi connectivity index (χ0v) is 13.0. The van der Waals surface area contributed by atoms with Crippen molar-refractivity contribution in [3.63, 3.8) is 0 Å². The van der Waals surface area contributed by atoms with Gasteiger partial charge in [0.05, 0.1) is 11.6 Å². The number of halogens is 1. The Morgan fingerprint density at radius 2 is 1.95 bits per heavy atom. The Hall–Kier alpha value is -1.48. The van der Waals surface area contributed by atoms with Gasteiger partial charge in [-0.1, -0.05) is 18.2 Å². The fourth-order valence-corrected chi connectivity index (χ4v) is 2.58. The minimum absolute atomic E-state index is 0.240. The maximum absolute atomic E-state index is 5.25. The van der Waals surface area contributed by atoms with Crippen LogP contribution >= 0.6 is 15.9 Å². The molecule has 0 fully saturated rings. The second-order valence-electron chi connectivity index (χ2n) is 4.63. The Kier molecular flexibility index (Phi) is 4.48. The summed E-state index contributed by atoms with van der Waals surface area (Å²) in [5.74, 6) is 0.853. The predicted octanol–water partition coefficient (Wildman–Crippen LogP) is 4.94. The van der Waals surface area contributed by atoms with Gasteiger partial charge in [-0.2, -0.15) is 0 Å². The van der Waals surface area contributed by atoms with Gasteiger partial charge in [-0.15, -0.1) is 0 Å². The van der Waals surface area contributed by atoms with Crippen LogP contribution in [0.3, 0.4) is 0 Å². The maximum atomic E-state index is 5.25. The standard InChI is InChI=1S/C16H18BrNO/c1-11-5-4-6-14(9-11)18-12(2)13-7-8-16(19-3)15(17)10-13/h4-10,12,18H,1-3H3. The van der Waals surface area contributed by atoms with Gasteiger partial charge in [0.15, 0.2) is 0 Å². The summed E-state index contributed by atoms with van der Waals surface area (Å²) < 4.78 is 6.22. The first-order chi connectivity index (χ1) is 9.10. The molecule has 2 nitrogen and oxygen atoms in total. The lowest BCUT2D eigenvalue weighted by Crippen LogP contribution is -2.06. The van der Waals surface area contributed by atoms with E-state index in [-0.39, 0.29) is 6.04 Å². The summed E-state index contributed by atoms with van der Waals surface area (Å²) in [7, 11) is 1.67. The Morgan fingerprint density at radius 3 is 2.58 bits per heavy atom. The van der Waals surface area contributed by atoms with Crippen molar-refractivity contribution in [3.8, 4) is 5.75 Å². The third-order valence-corrected chi connectivity index (χ3v) is 3.70. The minimum Gasteiger partial charge on any atom is -0.496 e. The van der Waals surface area contributed by atoms with E-state index in [9.17, 15) is 0 Å². The number of aryl methyl sites for hydroxylation is 1. The van der Waals surface area contributed by atoms with E-state index in [0.29, 0.717) is 0 Å². The Morgan fingerprint density at radius 1 is 1.16 bits per heavy atom. The van der Waals surface area contributed by atoms with Gasteiger partial charge in [0, 0.05) is 11.7 Å². The van der Waals surface area contributed by atoms with Crippen LogP contribution in [0.1, 0.15) is 24.1 Å². The van der Waals surface area contributed by atoms with Gasteiger partial charge in [0.2, 0.25) is 0 Å². The summed E-state index contributed by atoms with van der Waals surface area (Å²) in [5.41, 5.74) is 3.61. The van der Waals surface area contributed by atoms with Gasteiger partial charge in [-0.05, 0) is 65.2 Å². The molecule has 0 aliphatic rings. The normalized spacial score (nSPS) is 12.0. The predicted molar refractivity (Wildman–Crippen MR) is 83.9 cm³/mol. The van der Waals surface area contributed by atoms with E-state index < -0.39 is 0 Å². The highest BCUT2D eigenvalue weighted by Crippen LogP contribution is 2.29. The number of anilines is 1. The van der Waals surface area contributed by atoms with E-state index >= 15 is 0 Å². The van der Waals surface area contributed by atoms with Crippen molar-refractivity contribution in [2.75, 3.05) is 12.4 Å². The minimum atomic E-state index is 0.240. The molecule has 0 aliphatic heterocycles. The van der Waals surface area contributed by atoms with Crippen LogP contribution < -0.4 is 10.1 Å². The molecule has 0 radical (unpaired) electrons. The quantitative estimate of drug-likeness (QED) is 0.861. The number of nitrogens with one attached hydrogen (secondary N) is 1. The van der Waals surface area contributed by atoms with Gasteiger partial charge in [-0.25, -0.2) is 0 Å². The van der Waals surface area contributed by atoms with Gasteiger partial charge in [-0.3, -0.25) is 0 Å². The average Bonchev–Trinajstić information content (AvgIpc) is 2.38. The van der Waals surface area contributed by atoms with Crippen molar-refractivity contribution in [3.05, 3.63) is 58.1 Å². The van der Waals surface area contributed by atoms with Crippen LogP contribution in [0, 0.1) is 6.92 Å². The molecule has 0 saturated carbocycles. The Balaban J connectivity index is 2.15. The summed E-state index contributed by atoms with van der Waals surface area (Å²) in [6, 6.07) is 14.8. The van der Waals surface area contributed by atoms with Gasteiger partial charge >= 0.3 is 0 Å². The Labute approximate surface area is 122 Å². The SMILES string of the molecule is COc1ccc(C(C)Nc2cccc(C)c2)cc1Br. The molecule has 0 bridgehead atoms. The first kappa shape index (κ1) is 13.9. The van der Waals surface area contributed by atoms with E-state index in [1.807, 2.05) is 6.07 Å². The number of hydrogen-bond acceptors (Lipinski definition) is 2. The van der Waals surface area contributed by atoms with Gasteiger partial charge in [0.25, 0.3) is 0 Å². The highest BCUT2D eigenvalue weighted by molar-refractivity contribution is 9.10. The lowest BCUT2D eigenvalue weighted by Gasteiger charge is -2.17. The summed E-state index contributed by atoms with van der Waals surface area (Å²) >= 11 is 3.52. The third-order valence-electron chi connectivity index (χ3n) is 3.08. The first-order valence-corrected chi connectivity index (χ1v) is 7.06. The summed E-state index contributed by atoms with van der Waals surface area (Å²) in [6.45, 7) is 4.25. The fourth-order valence-electron chi connectivity index (χ4n) is 2.02. The van der Waals surface area contributed by atoms with Crippen LogP contribution in [0.25, 0.3) is 0 Å². The first-order valence-electron chi connectivity index (χ1n) is 6.27. The summed E-state index contributed by atoms with van der Waals surface area (Å²) in [6.07, 6.45) is 0. The molecule has 19 heavy (non-hydrogen) atoms. The van der Waals surface area contributed by atoms with Crippen molar-refractivity contribution in [1.29, 1.82) is 0 Å². The second kappa shape index (κ2) is 6.11. The van der Waals surface area contributed by atoms with E-state index in [1.165, 1.54) is 11.1 Å². The van der Waals surface area contributed by atoms with Crippen molar-refractivity contribution in [1.82, 2.24) is 0 Å². The van der Waals surface area contributed by atoms with E-state index in [0.717, 1.165) is 15.9 Å². The average molecular weight is 320 g/mol. The molecule has 0 spiro atoms. The van der Waals surface area contributed by atoms with Crippen molar-refractivity contribution >= 4 is 21.6 Å². The molecule has 2 aromatic rings. The van der Waals surface area contributed by atoms with E-state index in [1.54, 1.807) is 7.11 Å². The van der Waals surface area contributed by atoms with E-state index in [2.05, 4.69) is 71.5 Å². The summed E-state index contributed by atoms with van der Waals surface area (Å²) in [4.78, 5) is 0. The Bertz CT molecular complexity index is 568. The highest BCUT2D eigenvalue weighted by Gasteiger charge is 2.08. The second-order valence-corrected chi connectivity index (χ2v) is 5.48. The van der Waals surface area contributed by atoms with Crippen molar-refractivity contribution in [2.45, 2.75) is 19.9 Å². The lowest BCUT2D eigenvalue weighted by molar-refractivity contribution is 0.412. The molecule has 0 heterocycles. The van der Waals surface area contributed by atoms with Gasteiger partial charge in [0.1, 0.15) is 5.75 Å². The largest absolute Gasteiger partial charge is 0.496 e. The fraction of sp³-hybridized carbons (Fsp3) is 0.250. The third kappa shape index (κ3) is 3.51. The van der Waals surface area contributed by atoms with Crippen LogP contribution in [-0.2, 0) is 0 Å². The lowest BCUT2D eigenvalue weighted by atomic mass is 10.1. The number of hydrogen-bond donors (Lipinski definition) is 1.